The van der Waals surface area contributed by atoms with Crippen molar-refractivity contribution in [2.75, 3.05) is 38.2 Å². The first kappa shape index (κ1) is 22.6. The molecule has 1 aliphatic rings. The number of nitrogens with one attached hydrogen (secondary N) is 2. The van der Waals surface area contributed by atoms with Crippen LogP contribution >= 0.6 is 0 Å². The average molecular weight is 439 g/mol. The van der Waals surface area contributed by atoms with E-state index >= 15 is 0 Å². The second kappa shape index (κ2) is 10.3. The molecule has 2 N–H and O–H groups in total. The molecule has 0 amide bonds. The molecule has 1 aliphatic heterocycles. The lowest BCUT2D eigenvalue weighted by molar-refractivity contribution is -0.137. The summed E-state index contributed by atoms with van der Waals surface area (Å²) in [5.74, 6) is 0.506. The molecule has 1 fully saturated rings. The Morgan fingerprint density at radius 3 is 2.61 bits per heavy atom. The van der Waals surface area contributed by atoms with Crippen molar-refractivity contribution in [1.29, 1.82) is 0 Å². The molecule has 0 radical (unpaired) electrons. The van der Waals surface area contributed by atoms with Gasteiger partial charge in [-0.25, -0.2) is 9.37 Å². The van der Waals surface area contributed by atoms with Crippen LogP contribution in [0.2, 0.25) is 0 Å². The van der Waals surface area contributed by atoms with Crippen LogP contribution in [0.4, 0.5) is 23.2 Å². The van der Waals surface area contributed by atoms with Crippen LogP contribution in [-0.2, 0) is 6.18 Å². The molecule has 1 aromatic heterocycles. The summed E-state index contributed by atoms with van der Waals surface area (Å²) in [6, 6.07) is 8.96. The zero-order chi connectivity index (χ0) is 22.3. The lowest BCUT2D eigenvalue weighted by Crippen LogP contribution is -2.49. The second-order valence-electron chi connectivity index (χ2n) is 7.12. The fourth-order valence-electron chi connectivity index (χ4n) is 3.30. The average Bonchev–Trinajstić information content (AvgIpc) is 2.76. The van der Waals surface area contributed by atoms with Crippen molar-refractivity contribution in [3.63, 3.8) is 0 Å². The number of hydrogen-bond donors (Lipinski definition) is 2. The Bertz CT molecular complexity index is 865. The minimum Gasteiger partial charge on any atom is -0.476 e. The van der Waals surface area contributed by atoms with E-state index in [1.54, 1.807) is 19.2 Å². The number of ether oxygens (including phenoxy) is 1. The fraction of sp³-hybridized carbons (Fsp3) is 0.429. The summed E-state index contributed by atoms with van der Waals surface area (Å²) >= 11 is 0. The van der Waals surface area contributed by atoms with Crippen molar-refractivity contribution in [2.45, 2.75) is 25.1 Å². The highest BCUT2D eigenvalue weighted by Gasteiger charge is 2.30. The summed E-state index contributed by atoms with van der Waals surface area (Å²) in [7, 11) is 1.66. The number of rotatable bonds is 6. The lowest BCUT2D eigenvalue weighted by Gasteiger charge is -2.34. The number of hydrogen-bond acceptors (Lipinski definition) is 4. The van der Waals surface area contributed by atoms with Gasteiger partial charge < -0.3 is 20.3 Å². The van der Waals surface area contributed by atoms with Gasteiger partial charge in [0.05, 0.1) is 12.1 Å². The third kappa shape index (κ3) is 6.73. The second-order valence-corrected chi connectivity index (χ2v) is 7.12. The van der Waals surface area contributed by atoms with E-state index in [4.69, 9.17) is 4.74 Å². The van der Waals surface area contributed by atoms with Crippen molar-refractivity contribution in [1.82, 2.24) is 15.6 Å². The molecule has 2 aromatic rings. The molecule has 0 aliphatic carbocycles. The molecule has 0 spiro atoms. The van der Waals surface area contributed by atoms with Crippen LogP contribution in [0.3, 0.4) is 0 Å². The van der Waals surface area contributed by atoms with Crippen LogP contribution in [0.1, 0.15) is 18.4 Å². The standard InChI is InChI=1S/C21H25F4N5O/c1-26-20(27-9-12-31-19-6-5-15(14-28-19)21(23,24)25)29-17-7-10-30(11-8-17)18-4-2-3-16(22)13-18/h2-6,13-14,17H,7-12H2,1H3,(H2,26,27,29). The predicted molar refractivity (Wildman–Crippen MR) is 111 cm³/mol. The number of aromatic nitrogens is 1. The van der Waals surface area contributed by atoms with Gasteiger partial charge in [-0.2, -0.15) is 13.2 Å². The van der Waals surface area contributed by atoms with Gasteiger partial charge in [-0.05, 0) is 37.1 Å². The van der Waals surface area contributed by atoms with Crippen LogP contribution < -0.4 is 20.3 Å². The number of guanidine groups is 1. The van der Waals surface area contributed by atoms with Gasteiger partial charge in [0.1, 0.15) is 12.4 Å². The van der Waals surface area contributed by atoms with Crippen molar-refractivity contribution in [2.24, 2.45) is 4.99 Å². The molecule has 0 atom stereocenters. The summed E-state index contributed by atoms with van der Waals surface area (Å²) < 4.78 is 56.4. The van der Waals surface area contributed by atoms with Gasteiger partial charge >= 0.3 is 6.18 Å². The van der Waals surface area contributed by atoms with Crippen LogP contribution in [0.15, 0.2) is 47.6 Å². The molecule has 31 heavy (non-hydrogen) atoms. The van der Waals surface area contributed by atoms with Gasteiger partial charge in [0, 0.05) is 44.1 Å². The van der Waals surface area contributed by atoms with E-state index in [1.807, 2.05) is 6.07 Å². The first-order valence-corrected chi connectivity index (χ1v) is 9.99. The Morgan fingerprint density at radius 1 is 1.23 bits per heavy atom. The van der Waals surface area contributed by atoms with Crippen molar-refractivity contribution >= 4 is 11.6 Å². The fourth-order valence-corrected chi connectivity index (χ4v) is 3.30. The van der Waals surface area contributed by atoms with Crippen LogP contribution in [0.25, 0.3) is 0 Å². The highest BCUT2D eigenvalue weighted by molar-refractivity contribution is 5.80. The summed E-state index contributed by atoms with van der Waals surface area (Å²) in [6.07, 6.45) is -1.91. The predicted octanol–water partition coefficient (Wildman–Crippen LogP) is 3.45. The molecule has 2 heterocycles. The van der Waals surface area contributed by atoms with Crippen LogP contribution in [0.5, 0.6) is 5.88 Å². The lowest BCUT2D eigenvalue weighted by atomic mass is 10.0. The molecular formula is C21H25F4N5O. The number of nitrogens with zero attached hydrogens (tertiary/aromatic N) is 3. The Kier molecular flexibility index (Phi) is 7.54. The topological polar surface area (TPSA) is 61.8 Å². The van der Waals surface area contributed by atoms with Gasteiger partial charge in [0.25, 0.3) is 0 Å². The Morgan fingerprint density at radius 2 is 2.00 bits per heavy atom. The van der Waals surface area contributed by atoms with E-state index < -0.39 is 11.7 Å². The van der Waals surface area contributed by atoms with Gasteiger partial charge in [-0.3, -0.25) is 4.99 Å². The quantitative estimate of drug-likeness (QED) is 0.313. The highest BCUT2D eigenvalue weighted by atomic mass is 19.4. The van der Waals surface area contributed by atoms with Gasteiger partial charge in [-0.15, -0.1) is 0 Å². The van der Waals surface area contributed by atoms with Gasteiger partial charge in [-0.1, -0.05) is 6.07 Å². The highest BCUT2D eigenvalue weighted by Crippen LogP contribution is 2.29. The molecule has 6 nitrogen and oxygen atoms in total. The number of benzene rings is 1. The molecular weight excluding hydrogens is 414 g/mol. The molecule has 1 saturated heterocycles. The van der Waals surface area contributed by atoms with E-state index in [0.29, 0.717) is 12.5 Å². The maximum absolute atomic E-state index is 13.4. The van der Waals surface area contributed by atoms with Crippen molar-refractivity contribution < 1.29 is 22.3 Å². The molecule has 3 rings (SSSR count). The Labute approximate surface area is 178 Å². The molecule has 10 heteroatoms. The Balaban J connectivity index is 1.37. The van der Waals surface area contributed by atoms with Crippen molar-refractivity contribution in [3.8, 4) is 5.88 Å². The molecule has 0 unspecified atom stereocenters. The minimum absolute atomic E-state index is 0.127. The minimum atomic E-state index is -4.42. The number of anilines is 1. The van der Waals surface area contributed by atoms with E-state index in [9.17, 15) is 17.6 Å². The molecule has 168 valence electrons. The largest absolute Gasteiger partial charge is 0.476 e. The molecule has 1 aromatic carbocycles. The summed E-state index contributed by atoms with van der Waals surface area (Å²) in [5.41, 5.74) is 0.0704. The first-order valence-electron chi connectivity index (χ1n) is 9.99. The van der Waals surface area contributed by atoms with E-state index in [0.717, 1.165) is 43.9 Å². The Hall–Kier alpha value is -3.04. The SMILES string of the molecule is CN=C(NCCOc1ccc(C(F)(F)F)cn1)NC1CCN(c2cccc(F)c2)CC1. The number of halogens is 4. The van der Waals surface area contributed by atoms with E-state index in [2.05, 4.69) is 25.5 Å². The number of aliphatic imine (C=N–C) groups is 1. The van der Waals surface area contributed by atoms with Crippen molar-refractivity contribution in [3.05, 3.63) is 54.0 Å². The summed E-state index contributed by atoms with van der Waals surface area (Å²) in [4.78, 5) is 10.0. The summed E-state index contributed by atoms with van der Waals surface area (Å²) in [6.45, 7) is 2.24. The van der Waals surface area contributed by atoms with Crippen LogP contribution in [-0.4, -0.2) is 50.3 Å². The molecule has 0 bridgehead atoms. The number of piperidine rings is 1. The summed E-state index contributed by atoms with van der Waals surface area (Å²) in [5, 5.41) is 6.47. The molecule has 0 saturated carbocycles. The maximum atomic E-state index is 13.4. The smallest absolute Gasteiger partial charge is 0.417 e. The third-order valence-corrected chi connectivity index (χ3v) is 4.94. The first-order chi connectivity index (χ1) is 14.8. The van der Waals surface area contributed by atoms with Crippen LogP contribution in [0, 0.1) is 5.82 Å². The van der Waals surface area contributed by atoms with Gasteiger partial charge in [0.2, 0.25) is 5.88 Å². The number of pyridine rings is 1. The third-order valence-electron chi connectivity index (χ3n) is 4.94. The monoisotopic (exact) mass is 439 g/mol. The van der Waals surface area contributed by atoms with Gasteiger partial charge in [0.15, 0.2) is 5.96 Å². The zero-order valence-electron chi connectivity index (χ0n) is 17.1. The zero-order valence-corrected chi connectivity index (χ0v) is 17.1. The normalized spacial score (nSPS) is 15.6. The van der Waals surface area contributed by atoms with E-state index in [-0.39, 0.29) is 24.3 Å². The van der Waals surface area contributed by atoms with E-state index in [1.165, 1.54) is 12.1 Å². The number of alkyl halides is 3. The maximum Gasteiger partial charge on any atom is 0.417 e.